The van der Waals surface area contributed by atoms with Crippen LogP contribution >= 0.6 is 0 Å². The highest BCUT2D eigenvalue weighted by molar-refractivity contribution is 4.62. The Labute approximate surface area is 58.6 Å². The Kier molecular flexibility index (Phi) is 4.78. The van der Waals surface area contributed by atoms with Crippen LogP contribution in [0, 0.1) is 11.8 Å². The SMILES string of the molecule is CCC(CC)C(C)C[NH]. The van der Waals surface area contributed by atoms with Crippen molar-refractivity contribution in [1.29, 1.82) is 0 Å². The first-order chi connectivity index (χ1) is 4.26. The molecule has 1 radical (unpaired) electrons. The molecule has 0 fully saturated rings. The first kappa shape index (κ1) is 8.96. The molecule has 0 bridgehead atoms. The maximum absolute atomic E-state index is 7.15. The molecule has 1 atom stereocenters. The summed E-state index contributed by atoms with van der Waals surface area (Å²) in [5.74, 6) is 1.38. The van der Waals surface area contributed by atoms with Crippen LogP contribution in [-0.2, 0) is 0 Å². The van der Waals surface area contributed by atoms with Crippen LogP contribution in [0.15, 0.2) is 0 Å². The highest BCUT2D eigenvalue weighted by Crippen LogP contribution is 2.17. The second kappa shape index (κ2) is 4.80. The van der Waals surface area contributed by atoms with E-state index in [0.717, 1.165) is 5.92 Å². The van der Waals surface area contributed by atoms with Gasteiger partial charge in [0.1, 0.15) is 0 Å². The van der Waals surface area contributed by atoms with Crippen molar-refractivity contribution in [3.63, 3.8) is 0 Å². The lowest BCUT2D eigenvalue weighted by atomic mass is 9.90. The van der Waals surface area contributed by atoms with Crippen LogP contribution in [0.25, 0.3) is 0 Å². The molecule has 0 aromatic carbocycles. The van der Waals surface area contributed by atoms with E-state index in [4.69, 9.17) is 5.73 Å². The first-order valence-corrected chi connectivity index (χ1v) is 3.90. The Hall–Kier alpha value is -0.0400. The van der Waals surface area contributed by atoms with Crippen LogP contribution in [0.5, 0.6) is 0 Å². The van der Waals surface area contributed by atoms with Crippen LogP contribution in [0.2, 0.25) is 0 Å². The van der Waals surface area contributed by atoms with Gasteiger partial charge in [-0.3, -0.25) is 5.73 Å². The molecule has 0 heterocycles. The molecule has 0 amide bonds. The summed E-state index contributed by atoms with van der Waals surface area (Å²) in [5.41, 5.74) is 7.15. The Morgan fingerprint density at radius 3 is 1.78 bits per heavy atom. The van der Waals surface area contributed by atoms with Crippen molar-refractivity contribution < 1.29 is 0 Å². The number of nitrogens with one attached hydrogen (secondary N) is 1. The summed E-state index contributed by atoms with van der Waals surface area (Å²) < 4.78 is 0. The molecule has 0 aromatic rings. The molecule has 1 N–H and O–H groups in total. The maximum atomic E-state index is 7.15. The summed E-state index contributed by atoms with van der Waals surface area (Å²) in [5, 5.41) is 0. The van der Waals surface area contributed by atoms with Gasteiger partial charge in [-0.15, -0.1) is 0 Å². The zero-order chi connectivity index (χ0) is 7.28. The van der Waals surface area contributed by atoms with Crippen molar-refractivity contribution in [1.82, 2.24) is 5.73 Å². The average Bonchev–Trinajstić information content (AvgIpc) is 1.90. The molecule has 0 saturated heterocycles. The molecule has 0 aliphatic heterocycles. The van der Waals surface area contributed by atoms with Crippen molar-refractivity contribution in [2.75, 3.05) is 6.54 Å². The van der Waals surface area contributed by atoms with Gasteiger partial charge >= 0.3 is 0 Å². The fourth-order valence-corrected chi connectivity index (χ4v) is 1.26. The minimum absolute atomic E-state index is 0.590. The van der Waals surface area contributed by atoms with Gasteiger partial charge < -0.3 is 0 Å². The third kappa shape index (κ3) is 2.85. The van der Waals surface area contributed by atoms with Crippen LogP contribution in [0.4, 0.5) is 0 Å². The van der Waals surface area contributed by atoms with Gasteiger partial charge in [-0.25, -0.2) is 0 Å². The summed E-state index contributed by atoms with van der Waals surface area (Å²) in [6.45, 7) is 7.18. The second-order valence-corrected chi connectivity index (χ2v) is 2.76. The molecule has 0 aliphatic carbocycles. The van der Waals surface area contributed by atoms with Gasteiger partial charge in [-0.05, 0) is 11.8 Å². The Morgan fingerprint density at radius 1 is 1.22 bits per heavy atom. The number of rotatable bonds is 4. The van der Waals surface area contributed by atoms with Crippen LogP contribution in [0.1, 0.15) is 33.6 Å². The maximum Gasteiger partial charge on any atom is 0.0128 e. The molecule has 0 spiro atoms. The summed E-state index contributed by atoms with van der Waals surface area (Å²) in [7, 11) is 0. The molecule has 9 heavy (non-hydrogen) atoms. The normalized spacial score (nSPS) is 14.3. The topological polar surface area (TPSA) is 23.8 Å². The van der Waals surface area contributed by atoms with Crippen LogP contribution < -0.4 is 5.73 Å². The molecule has 0 rings (SSSR count). The average molecular weight is 128 g/mol. The van der Waals surface area contributed by atoms with Crippen LogP contribution in [0.3, 0.4) is 0 Å². The third-order valence-corrected chi connectivity index (χ3v) is 2.18. The first-order valence-electron chi connectivity index (χ1n) is 3.90. The van der Waals surface area contributed by atoms with Crippen LogP contribution in [-0.4, -0.2) is 6.54 Å². The lowest BCUT2D eigenvalue weighted by Gasteiger charge is -2.18. The fourth-order valence-electron chi connectivity index (χ4n) is 1.26. The smallest absolute Gasteiger partial charge is 0.0128 e. The van der Waals surface area contributed by atoms with E-state index < -0.39 is 0 Å². The molecular formula is C8H18N. The molecule has 0 aliphatic rings. The third-order valence-electron chi connectivity index (χ3n) is 2.18. The van der Waals surface area contributed by atoms with E-state index in [-0.39, 0.29) is 0 Å². The largest absolute Gasteiger partial charge is 0.258 e. The van der Waals surface area contributed by atoms with Crippen molar-refractivity contribution >= 4 is 0 Å². The molecule has 0 aromatic heterocycles. The molecule has 0 saturated carbocycles. The monoisotopic (exact) mass is 128 g/mol. The van der Waals surface area contributed by atoms with E-state index >= 15 is 0 Å². The zero-order valence-electron chi connectivity index (χ0n) is 6.78. The summed E-state index contributed by atoms with van der Waals surface area (Å²) in [6, 6.07) is 0. The van der Waals surface area contributed by atoms with Crippen molar-refractivity contribution in [2.24, 2.45) is 11.8 Å². The van der Waals surface area contributed by atoms with Gasteiger partial charge in [0.15, 0.2) is 0 Å². The Bertz CT molecular complexity index is 57.6. The van der Waals surface area contributed by atoms with Gasteiger partial charge in [0, 0.05) is 6.54 Å². The Morgan fingerprint density at radius 2 is 1.67 bits per heavy atom. The standard InChI is InChI=1S/C8H18N/c1-4-8(5-2)7(3)6-9/h7-9H,4-6H2,1-3H3. The van der Waals surface area contributed by atoms with E-state index in [1.54, 1.807) is 0 Å². The summed E-state index contributed by atoms with van der Waals surface area (Å²) in [6.07, 6.45) is 2.47. The van der Waals surface area contributed by atoms with E-state index in [9.17, 15) is 0 Å². The minimum atomic E-state index is 0.590. The van der Waals surface area contributed by atoms with Gasteiger partial charge in [-0.2, -0.15) is 0 Å². The van der Waals surface area contributed by atoms with E-state index in [2.05, 4.69) is 20.8 Å². The predicted molar refractivity (Wildman–Crippen MR) is 41.2 cm³/mol. The van der Waals surface area contributed by atoms with Gasteiger partial charge in [0.05, 0.1) is 0 Å². The molecule has 1 heteroatoms. The number of hydrogen-bond acceptors (Lipinski definition) is 0. The summed E-state index contributed by atoms with van der Waals surface area (Å²) >= 11 is 0. The van der Waals surface area contributed by atoms with E-state index in [1.165, 1.54) is 12.8 Å². The summed E-state index contributed by atoms with van der Waals surface area (Å²) in [4.78, 5) is 0. The fraction of sp³-hybridized carbons (Fsp3) is 1.00. The van der Waals surface area contributed by atoms with Crippen molar-refractivity contribution in [3.8, 4) is 0 Å². The Balaban J connectivity index is 3.50. The highest BCUT2D eigenvalue weighted by Gasteiger charge is 2.10. The van der Waals surface area contributed by atoms with E-state index in [1.807, 2.05) is 0 Å². The highest BCUT2D eigenvalue weighted by atomic mass is 14.5. The molecular weight excluding hydrogens is 110 g/mol. The van der Waals surface area contributed by atoms with Gasteiger partial charge in [0.2, 0.25) is 0 Å². The molecule has 1 nitrogen and oxygen atoms in total. The van der Waals surface area contributed by atoms with E-state index in [0.29, 0.717) is 12.5 Å². The van der Waals surface area contributed by atoms with Gasteiger partial charge in [-0.1, -0.05) is 33.6 Å². The zero-order valence-corrected chi connectivity index (χ0v) is 6.78. The lowest BCUT2D eigenvalue weighted by Crippen LogP contribution is -2.14. The van der Waals surface area contributed by atoms with Gasteiger partial charge in [0.25, 0.3) is 0 Å². The molecule has 55 valence electrons. The quantitative estimate of drug-likeness (QED) is 0.555. The lowest BCUT2D eigenvalue weighted by molar-refractivity contribution is 0.341. The second-order valence-electron chi connectivity index (χ2n) is 2.76. The minimum Gasteiger partial charge on any atom is -0.258 e. The van der Waals surface area contributed by atoms with Crippen molar-refractivity contribution in [3.05, 3.63) is 0 Å². The number of hydrogen-bond donors (Lipinski definition) is 0. The molecule has 1 unspecified atom stereocenters. The van der Waals surface area contributed by atoms with Crippen molar-refractivity contribution in [2.45, 2.75) is 33.6 Å². The predicted octanol–water partition coefficient (Wildman–Crippen LogP) is 2.34.